The number of nitrogens with one attached hydrogen (secondary N) is 1. The van der Waals surface area contributed by atoms with E-state index in [-0.39, 0.29) is 0 Å². The van der Waals surface area contributed by atoms with Gasteiger partial charge in [-0.25, -0.2) is 0 Å². The Balaban J connectivity index is 2.36. The van der Waals surface area contributed by atoms with Gasteiger partial charge in [-0.3, -0.25) is 4.79 Å². The Kier molecular flexibility index (Phi) is 5.06. The van der Waals surface area contributed by atoms with Gasteiger partial charge in [0, 0.05) is 5.56 Å². The van der Waals surface area contributed by atoms with Crippen LogP contribution in [-0.4, -0.2) is 12.5 Å². The molecule has 0 spiro atoms. The molecule has 1 amide bonds. The van der Waals surface area contributed by atoms with E-state index in [9.17, 15) is 4.79 Å². The van der Waals surface area contributed by atoms with E-state index in [0.717, 1.165) is 0 Å². The molecule has 2 aromatic carbocycles. The van der Waals surface area contributed by atoms with E-state index in [1.165, 1.54) is 0 Å². The number of amides is 1. The first-order valence-corrected chi connectivity index (χ1v) is 7.03. The second kappa shape index (κ2) is 6.99. The van der Waals surface area contributed by atoms with Crippen LogP contribution >= 0.6 is 11.6 Å². The number of nitrogens with two attached hydrogens (primary N) is 1. The Morgan fingerprint density at radius 3 is 2.57 bits per heavy atom. The molecule has 1 unspecified atom stereocenters. The van der Waals surface area contributed by atoms with Crippen molar-refractivity contribution in [2.24, 2.45) is 5.73 Å². The van der Waals surface area contributed by atoms with Crippen molar-refractivity contribution >= 4 is 23.2 Å². The zero-order valence-corrected chi connectivity index (χ0v) is 12.4. The molecule has 0 bridgehead atoms. The predicted octanol–water partition coefficient (Wildman–Crippen LogP) is 3.38. The summed E-state index contributed by atoms with van der Waals surface area (Å²) in [5, 5.41) is 3.60. The Bertz CT molecular complexity index is 631. The standard InChI is InChI=1S/C16H17ClN2O2/c1-2-21-14-10-6-3-7-11(14)15(16(18)20)19-13-9-5-4-8-12(13)17/h3-10,15,19H,2H2,1H3,(H2,18,20). The third kappa shape index (κ3) is 3.67. The number of hydrogen-bond acceptors (Lipinski definition) is 3. The van der Waals surface area contributed by atoms with Crippen molar-refractivity contribution in [3.63, 3.8) is 0 Å². The van der Waals surface area contributed by atoms with E-state index in [1.54, 1.807) is 12.1 Å². The third-order valence-corrected chi connectivity index (χ3v) is 3.32. The second-order valence-corrected chi connectivity index (χ2v) is 4.84. The summed E-state index contributed by atoms with van der Waals surface area (Å²) in [6.45, 7) is 2.39. The van der Waals surface area contributed by atoms with Crippen molar-refractivity contribution in [3.8, 4) is 5.75 Å². The number of hydrogen-bond donors (Lipinski definition) is 2. The first-order valence-electron chi connectivity index (χ1n) is 6.65. The molecule has 21 heavy (non-hydrogen) atoms. The molecule has 2 aromatic rings. The lowest BCUT2D eigenvalue weighted by Gasteiger charge is -2.20. The topological polar surface area (TPSA) is 64.3 Å². The van der Waals surface area contributed by atoms with E-state index in [2.05, 4.69) is 5.32 Å². The number of benzene rings is 2. The normalized spacial score (nSPS) is 11.7. The van der Waals surface area contributed by atoms with Gasteiger partial charge in [-0.05, 0) is 25.1 Å². The summed E-state index contributed by atoms with van der Waals surface area (Å²) in [6, 6.07) is 13.8. The molecule has 3 N–H and O–H groups in total. The van der Waals surface area contributed by atoms with Crippen molar-refractivity contribution in [2.45, 2.75) is 13.0 Å². The number of anilines is 1. The maximum atomic E-state index is 11.8. The zero-order valence-electron chi connectivity index (χ0n) is 11.7. The summed E-state index contributed by atoms with van der Waals surface area (Å²) in [6.07, 6.45) is 0. The quantitative estimate of drug-likeness (QED) is 0.860. The molecule has 4 nitrogen and oxygen atoms in total. The van der Waals surface area contributed by atoms with E-state index in [0.29, 0.717) is 28.6 Å². The Hall–Kier alpha value is -2.20. The highest BCUT2D eigenvalue weighted by atomic mass is 35.5. The molecule has 1 atom stereocenters. The number of carbonyl (C=O) groups excluding carboxylic acids is 1. The molecule has 0 aliphatic carbocycles. The molecule has 0 saturated carbocycles. The monoisotopic (exact) mass is 304 g/mol. The molecule has 0 aliphatic heterocycles. The van der Waals surface area contributed by atoms with Gasteiger partial charge in [-0.15, -0.1) is 0 Å². The van der Waals surface area contributed by atoms with Crippen LogP contribution in [0, 0.1) is 0 Å². The summed E-state index contributed by atoms with van der Waals surface area (Å²) >= 11 is 6.12. The average molecular weight is 305 g/mol. The molecule has 110 valence electrons. The number of ether oxygens (including phenoxy) is 1. The van der Waals surface area contributed by atoms with E-state index >= 15 is 0 Å². The fraction of sp³-hybridized carbons (Fsp3) is 0.188. The van der Waals surface area contributed by atoms with Gasteiger partial charge in [0.2, 0.25) is 5.91 Å². The van der Waals surface area contributed by atoms with Crippen molar-refractivity contribution < 1.29 is 9.53 Å². The molecule has 0 fully saturated rings. The van der Waals surface area contributed by atoms with Crippen molar-refractivity contribution in [2.75, 3.05) is 11.9 Å². The van der Waals surface area contributed by atoms with E-state index in [4.69, 9.17) is 22.1 Å². The molecular formula is C16H17ClN2O2. The van der Waals surface area contributed by atoms with Crippen LogP contribution in [-0.2, 0) is 4.79 Å². The molecule has 5 heteroatoms. The first kappa shape index (κ1) is 15.2. The van der Waals surface area contributed by atoms with Gasteiger partial charge in [-0.1, -0.05) is 41.9 Å². The summed E-state index contributed by atoms with van der Waals surface area (Å²) in [5.41, 5.74) is 6.87. The minimum absolute atomic E-state index is 0.498. The predicted molar refractivity (Wildman–Crippen MR) is 84.6 cm³/mol. The summed E-state index contributed by atoms with van der Waals surface area (Å²) in [7, 11) is 0. The van der Waals surface area contributed by atoms with Gasteiger partial charge in [-0.2, -0.15) is 0 Å². The minimum Gasteiger partial charge on any atom is -0.494 e. The lowest BCUT2D eigenvalue weighted by atomic mass is 10.0. The highest BCUT2D eigenvalue weighted by molar-refractivity contribution is 6.33. The number of rotatable bonds is 6. The van der Waals surface area contributed by atoms with Gasteiger partial charge >= 0.3 is 0 Å². The Morgan fingerprint density at radius 1 is 1.24 bits per heavy atom. The number of carbonyl (C=O) groups is 1. The van der Waals surface area contributed by atoms with Crippen LogP contribution in [0.25, 0.3) is 0 Å². The Morgan fingerprint density at radius 2 is 1.90 bits per heavy atom. The SMILES string of the molecule is CCOc1ccccc1C(Nc1ccccc1Cl)C(N)=O. The van der Waals surface area contributed by atoms with Gasteiger partial charge in [0.15, 0.2) is 0 Å². The molecule has 2 rings (SSSR count). The zero-order chi connectivity index (χ0) is 15.2. The molecule has 0 aliphatic rings. The number of primary amides is 1. The van der Waals surface area contributed by atoms with Crippen LogP contribution in [0.15, 0.2) is 48.5 Å². The van der Waals surface area contributed by atoms with Crippen LogP contribution in [0.1, 0.15) is 18.5 Å². The summed E-state index contributed by atoms with van der Waals surface area (Å²) in [4.78, 5) is 11.8. The molecule has 0 saturated heterocycles. The number of para-hydroxylation sites is 2. The lowest BCUT2D eigenvalue weighted by Crippen LogP contribution is -2.28. The average Bonchev–Trinajstić information content (AvgIpc) is 2.47. The largest absolute Gasteiger partial charge is 0.494 e. The van der Waals surface area contributed by atoms with Crippen molar-refractivity contribution in [3.05, 3.63) is 59.1 Å². The van der Waals surface area contributed by atoms with Crippen molar-refractivity contribution in [1.29, 1.82) is 0 Å². The Labute approximate surface area is 128 Å². The van der Waals surface area contributed by atoms with E-state index < -0.39 is 11.9 Å². The maximum absolute atomic E-state index is 11.8. The smallest absolute Gasteiger partial charge is 0.244 e. The van der Waals surface area contributed by atoms with E-state index in [1.807, 2.05) is 43.3 Å². The van der Waals surface area contributed by atoms with Gasteiger partial charge in [0.25, 0.3) is 0 Å². The summed E-state index contributed by atoms with van der Waals surface area (Å²) < 4.78 is 5.56. The highest BCUT2D eigenvalue weighted by Crippen LogP contribution is 2.30. The fourth-order valence-electron chi connectivity index (χ4n) is 2.04. The second-order valence-electron chi connectivity index (χ2n) is 4.43. The first-order chi connectivity index (χ1) is 10.1. The van der Waals surface area contributed by atoms with Gasteiger partial charge < -0.3 is 15.8 Å². The van der Waals surface area contributed by atoms with Crippen LogP contribution in [0.4, 0.5) is 5.69 Å². The molecular weight excluding hydrogens is 288 g/mol. The number of halogens is 1. The molecule has 0 heterocycles. The van der Waals surface area contributed by atoms with Crippen LogP contribution < -0.4 is 15.8 Å². The van der Waals surface area contributed by atoms with Gasteiger partial charge in [0.05, 0.1) is 17.3 Å². The maximum Gasteiger partial charge on any atom is 0.244 e. The highest BCUT2D eigenvalue weighted by Gasteiger charge is 2.22. The molecule has 0 radical (unpaired) electrons. The van der Waals surface area contributed by atoms with Gasteiger partial charge in [0.1, 0.15) is 11.8 Å². The van der Waals surface area contributed by atoms with Crippen LogP contribution in [0.3, 0.4) is 0 Å². The fourth-order valence-corrected chi connectivity index (χ4v) is 2.23. The lowest BCUT2D eigenvalue weighted by molar-refractivity contribution is -0.118. The third-order valence-electron chi connectivity index (χ3n) is 2.99. The summed E-state index contributed by atoms with van der Waals surface area (Å²) in [5.74, 6) is 0.130. The van der Waals surface area contributed by atoms with Crippen LogP contribution in [0.2, 0.25) is 5.02 Å². The van der Waals surface area contributed by atoms with Crippen molar-refractivity contribution in [1.82, 2.24) is 0 Å². The minimum atomic E-state index is -0.715. The van der Waals surface area contributed by atoms with Crippen LogP contribution in [0.5, 0.6) is 5.75 Å². The molecule has 0 aromatic heterocycles.